The van der Waals surface area contributed by atoms with Crippen molar-refractivity contribution >= 4 is 17.7 Å². The Kier molecular flexibility index (Phi) is 5.73. The van der Waals surface area contributed by atoms with Crippen LogP contribution in [0.15, 0.2) is 66.0 Å². The molecule has 3 rings (SSSR count). The van der Waals surface area contributed by atoms with E-state index in [0.717, 1.165) is 16.8 Å². The smallest absolute Gasteiger partial charge is 0.235 e. The molecule has 0 aliphatic heterocycles. The molecular formula is C20H20FN3OS. The van der Waals surface area contributed by atoms with Gasteiger partial charge in [0.05, 0.1) is 17.1 Å². The number of H-pyrrole nitrogens is 1. The van der Waals surface area contributed by atoms with Crippen LogP contribution in [0.25, 0.3) is 11.3 Å². The van der Waals surface area contributed by atoms with E-state index in [1.807, 2.05) is 37.3 Å². The van der Waals surface area contributed by atoms with E-state index in [2.05, 4.69) is 9.97 Å². The van der Waals surface area contributed by atoms with Crippen LogP contribution in [-0.4, -0.2) is 33.1 Å². The Balaban J connectivity index is 1.61. The lowest BCUT2D eigenvalue weighted by Gasteiger charge is -2.20. The maximum atomic E-state index is 13.0. The third kappa shape index (κ3) is 4.52. The van der Waals surface area contributed by atoms with Gasteiger partial charge in [-0.2, -0.15) is 0 Å². The van der Waals surface area contributed by atoms with Gasteiger partial charge in [-0.15, -0.1) is 0 Å². The van der Waals surface area contributed by atoms with Crippen LogP contribution in [0.2, 0.25) is 0 Å². The van der Waals surface area contributed by atoms with Gasteiger partial charge < -0.3 is 9.88 Å². The van der Waals surface area contributed by atoms with Crippen LogP contribution in [0, 0.1) is 5.82 Å². The summed E-state index contributed by atoms with van der Waals surface area (Å²) < 4.78 is 13.0. The summed E-state index contributed by atoms with van der Waals surface area (Å²) in [6, 6.07) is 16.1. The first-order chi connectivity index (χ1) is 12.5. The van der Waals surface area contributed by atoms with Gasteiger partial charge in [0.1, 0.15) is 5.82 Å². The third-order valence-electron chi connectivity index (χ3n) is 3.98. The number of aromatic nitrogens is 2. The number of rotatable bonds is 6. The monoisotopic (exact) mass is 369 g/mol. The Morgan fingerprint density at radius 2 is 1.88 bits per heavy atom. The Hall–Kier alpha value is -2.60. The minimum atomic E-state index is -0.275. The highest BCUT2D eigenvalue weighted by molar-refractivity contribution is 8.00. The molecule has 1 unspecified atom stereocenters. The van der Waals surface area contributed by atoms with Crippen molar-refractivity contribution in [2.45, 2.75) is 23.9 Å². The first-order valence-electron chi connectivity index (χ1n) is 8.29. The minimum Gasteiger partial charge on any atom is -0.340 e. The lowest BCUT2D eigenvalue weighted by Crippen LogP contribution is -2.32. The van der Waals surface area contributed by atoms with Crippen LogP contribution < -0.4 is 0 Å². The molecule has 0 aliphatic rings. The van der Waals surface area contributed by atoms with Crippen LogP contribution in [0.4, 0.5) is 4.39 Å². The molecule has 3 aromatic rings. The SMILES string of the molecule is CC(Sc1ncc(-c2ccc(F)cc2)[nH]1)C(=O)N(C)Cc1ccccc1. The van der Waals surface area contributed by atoms with Gasteiger partial charge >= 0.3 is 0 Å². The number of thioether (sulfide) groups is 1. The fourth-order valence-corrected chi connectivity index (χ4v) is 3.50. The van der Waals surface area contributed by atoms with E-state index >= 15 is 0 Å². The van der Waals surface area contributed by atoms with Gasteiger partial charge in [-0.05, 0) is 42.3 Å². The van der Waals surface area contributed by atoms with E-state index in [9.17, 15) is 9.18 Å². The quantitative estimate of drug-likeness (QED) is 0.657. The predicted molar refractivity (Wildman–Crippen MR) is 102 cm³/mol. The van der Waals surface area contributed by atoms with E-state index in [1.54, 1.807) is 30.3 Å². The molecule has 0 saturated carbocycles. The molecule has 26 heavy (non-hydrogen) atoms. The van der Waals surface area contributed by atoms with Gasteiger partial charge in [-0.3, -0.25) is 4.79 Å². The number of nitrogens with zero attached hydrogens (tertiary/aromatic N) is 2. The van der Waals surface area contributed by atoms with Gasteiger partial charge in [0, 0.05) is 13.6 Å². The number of carbonyl (C=O) groups is 1. The molecule has 1 atom stereocenters. The number of aromatic amines is 1. The zero-order chi connectivity index (χ0) is 18.5. The van der Waals surface area contributed by atoms with Crippen molar-refractivity contribution in [3.8, 4) is 11.3 Å². The number of halogens is 1. The average molecular weight is 369 g/mol. The summed E-state index contributed by atoms with van der Waals surface area (Å²) in [6.45, 7) is 2.44. The molecule has 6 heteroatoms. The number of hydrogen-bond acceptors (Lipinski definition) is 3. The van der Waals surface area contributed by atoms with E-state index in [0.29, 0.717) is 11.7 Å². The van der Waals surface area contributed by atoms with Crippen molar-refractivity contribution < 1.29 is 9.18 Å². The zero-order valence-electron chi connectivity index (χ0n) is 14.6. The molecule has 0 bridgehead atoms. The van der Waals surface area contributed by atoms with Gasteiger partial charge in [-0.1, -0.05) is 42.1 Å². The molecule has 1 aromatic heterocycles. The summed E-state index contributed by atoms with van der Waals surface area (Å²) in [5.41, 5.74) is 2.74. The number of nitrogens with one attached hydrogen (secondary N) is 1. The largest absolute Gasteiger partial charge is 0.340 e. The first kappa shape index (κ1) is 18.2. The van der Waals surface area contributed by atoms with Crippen LogP contribution in [0.3, 0.4) is 0 Å². The van der Waals surface area contributed by atoms with E-state index in [4.69, 9.17) is 0 Å². The van der Waals surface area contributed by atoms with Crippen LogP contribution in [0.1, 0.15) is 12.5 Å². The summed E-state index contributed by atoms with van der Waals surface area (Å²) in [6.07, 6.45) is 1.69. The standard InChI is InChI=1S/C20H20FN3OS/c1-14(19(25)24(2)13-15-6-4-3-5-7-15)26-20-22-12-18(23-20)16-8-10-17(21)11-9-16/h3-12,14H,13H2,1-2H3,(H,22,23). The number of hydrogen-bond donors (Lipinski definition) is 1. The van der Waals surface area contributed by atoms with Gasteiger partial charge in [0.15, 0.2) is 5.16 Å². The second-order valence-corrected chi connectivity index (χ2v) is 7.38. The molecule has 0 aliphatic carbocycles. The van der Waals surface area contributed by atoms with Gasteiger partial charge in [-0.25, -0.2) is 9.37 Å². The molecule has 4 nitrogen and oxygen atoms in total. The van der Waals surface area contributed by atoms with Crippen molar-refractivity contribution in [2.24, 2.45) is 0 Å². The highest BCUT2D eigenvalue weighted by Gasteiger charge is 2.20. The molecule has 0 radical (unpaired) electrons. The molecule has 0 spiro atoms. The van der Waals surface area contributed by atoms with Crippen LogP contribution in [0.5, 0.6) is 0 Å². The summed E-state index contributed by atoms with van der Waals surface area (Å²) >= 11 is 1.38. The number of carbonyl (C=O) groups excluding carboxylic acids is 1. The van der Waals surface area contributed by atoms with Crippen molar-refractivity contribution in [1.29, 1.82) is 0 Å². The second kappa shape index (κ2) is 8.19. The molecular weight excluding hydrogens is 349 g/mol. The highest BCUT2D eigenvalue weighted by Crippen LogP contribution is 2.25. The van der Waals surface area contributed by atoms with Gasteiger partial charge in [0.25, 0.3) is 0 Å². The Morgan fingerprint density at radius 1 is 1.19 bits per heavy atom. The molecule has 0 saturated heterocycles. The maximum Gasteiger partial charge on any atom is 0.235 e. The molecule has 1 amide bonds. The Bertz CT molecular complexity index is 864. The van der Waals surface area contributed by atoms with E-state index in [1.165, 1.54) is 23.9 Å². The second-order valence-electron chi connectivity index (χ2n) is 6.05. The van der Waals surface area contributed by atoms with E-state index < -0.39 is 0 Å². The maximum absolute atomic E-state index is 13.0. The topological polar surface area (TPSA) is 49.0 Å². The van der Waals surface area contributed by atoms with Gasteiger partial charge in [0.2, 0.25) is 5.91 Å². The lowest BCUT2D eigenvalue weighted by molar-refractivity contribution is -0.129. The molecule has 1 N–H and O–H groups in total. The number of benzene rings is 2. The van der Waals surface area contributed by atoms with Crippen molar-refractivity contribution in [3.05, 3.63) is 72.2 Å². The highest BCUT2D eigenvalue weighted by atomic mass is 32.2. The van der Waals surface area contributed by atoms with Crippen molar-refractivity contribution in [1.82, 2.24) is 14.9 Å². The predicted octanol–water partition coefficient (Wildman–Crippen LogP) is 4.36. The van der Waals surface area contributed by atoms with E-state index in [-0.39, 0.29) is 17.0 Å². The zero-order valence-corrected chi connectivity index (χ0v) is 15.5. The lowest BCUT2D eigenvalue weighted by atomic mass is 10.2. The first-order valence-corrected chi connectivity index (χ1v) is 9.17. The number of amides is 1. The normalized spacial score (nSPS) is 12.0. The summed E-state index contributed by atoms with van der Waals surface area (Å²) in [4.78, 5) is 21.8. The van der Waals surface area contributed by atoms with Crippen LogP contribution in [-0.2, 0) is 11.3 Å². The summed E-state index contributed by atoms with van der Waals surface area (Å²) in [5, 5.41) is 0.397. The van der Waals surface area contributed by atoms with Crippen LogP contribution >= 0.6 is 11.8 Å². The average Bonchev–Trinajstić information content (AvgIpc) is 3.11. The molecule has 2 aromatic carbocycles. The molecule has 0 fully saturated rings. The number of imidazole rings is 1. The Labute approximate surface area is 156 Å². The third-order valence-corrected chi connectivity index (χ3v) is 4.97. The Morgan fingerprint density at radius 3 is 2.58 bits per heavy atom. The summed E-state index contributed by atoms with van der Waals surface area (Å²) in [5.74, 6) is -0.234. The fraction of sp³-hybridized carbons (Fsp3) is 0.200. The summed E-state index contributed by atoms with van der Waals surface area (Å²) in [7, 11) is 1.80. The minimum absolute atomic E-state index is 0.0404. The molecule has 1 heterocycles. The van der Waals surface area contributed by atoms with Crippen molar-refractivity contribution in [3.63, 3.8) is 0 Å². The van der Waals surface area contributed by atoms with Crippen molar-refractivity contribution in [2.75, 3.05) is 7.05 Å². The fourth-order valence-electron chi connectivity index (χ4n) is 2.60. The molecule has 134 valence electrons.